The van der Waals surface area contributed by atoms with Crippen molar-refractivity contribution in [2.75, 3.05) is 9.80 Å². The molecule has 284 valence electrons. The first-order valence-electron chi connectivity index (χ1n) is 20.4. The number of benzene rings is 8. The summed E-state index contributed by atoms with van der Waals surface area (Å²) < 4.78 is 0. The van der Waals surface area contributed by atoms with E-state index in [0.29, 0.717) is 0 Å². The molecule has 8 aromatic carbocycles. The minimum Gasteiger partial charge on any atom is -0.311 e. The fraction of sp³-hybridized carbons (Fsp3) is 0.111. The normalized spacial score (nSPS) is 12.6. The Labute approximate surface area is 346 Å². The quantitative estimate of drug-likeness (QED) is 0.164. The highest BCUT2D eigenvalue weighted by Gasteiger charge is 2.21. The molecule has 0 aliphatic carbocycles. The Morgan fingerprint density at radius 2 is 0.431 bits per heavy atom. The molecule has 0 radical (unpaired) electrons. The second-order valence-electron chi connectivity index (χ2n) is 17.5. The molecule has 58 heavy (non-hydrogen) atoms. The molecule has 7 aliphatic heterocycles. The Bertz CT molecular complexity index is 2360. The number of rotatable bonds is 4. The van der Waals surface area contributed by atoms with Crippen LogP contribution in [-0.4, -0.2) is 16.1 Å². The van der Waals surface area contributed by atoms with E-state index in [9.17, 15) is 0 Å². The summed E-state index contributed by atoms with van der Waals surface area (Å²) in [6.07, 6.45) is 0. The Kier molecular flexibility index (Phi) is 9.63. The average Bonchev–Trinajstić information content (AvgIpc) is 3.24. The molecule has 7 aliphatic rings. The zero-order chi connectivity index (χ0) is 40.0. The van der Waals surface area contributed by atoms with Gasteiger partial charge in [-0.05, 0) is 117 Å². The largest absolute Gasteiger partial charge is 0.311 e. The van der Waals surface area contributed by atoms with Gasteiger partial charge in [0, 0.05) is 34.1 Å². The highest BCUT2D eigenvalue weighted by molar-refractivity contribution is 6.89. The molecule has 0 saturated heterocycles. The maximum Gasteiger partial charge on any atom is 0.0775 e. The first-order chi connectivity index (χ1) is 28.0. The van der Waals surface area contributed by atoms with Gasteiger partial charge in [-0.1, -0.05) is 171 Å². The maximum absolute atomic E-state index is 2.41. The van der Waals surface area contributed by atoms with Crippen molar-refractivity contribution in [2.24, 2.45) is 0 Å². The molecule has 0 saturated carbocycles. The summed E-state index contributed by atoms with van der Waals surface area (Å²) in [6, 6.07) is 72.4. The van der Waals surface area contributed by atoms with Crippen molar-refractivity contribution >= 4 is 60.6 Å². The maximum atomic E-state index is 2.41. The van der Waals surface area contributed by atoms with Crippen LogP contribution in [0.25, 0.3) is 44.5 Å². The third-order valence-electron chi connectivity index (χ3n) is 11.6. The molecule has 0 amide bonds. The topological polar surface area (TPSA) is 6.48 Å². The van der Waals surface area contributed by atoms with Crippen molar-refractivity contribution in [2.45, 2.75) is 39.3 Å². The molecule has 0 fully saturated rings. The molecule has 15 rings (SSSR count). The molecule has 0 unspecified atom stereocenters. The summed E-state index contributed by atoms with van der Waals surface area (Å²) in [6.45, 7) is 14.4. The highest BCUT2D eigenvalue weighted by Crippen LogP contribution is 2.42. The molecule has 0 aromatic heterocycles. The van der Waals surface area contributed by atoms with Crippen molar-refractivity contribution < 1.29 is 0 Å². The van der Waals surface area contributed by atoms with E-state index in [-0.39, 0.29) is 0 Å². The van der Waals surface area contributed by atoms with Gasteiger partial charge in [-0.3, -0.25) is 0 Å². The third-order valence-corrected chi connectivity index (χ3v) is 15.7. The molecule has 0 spiro atoms. The van der Waals surface area contributed by atoms with Crippen LogP contribution < -0.4 is 20.2 Å². The Hall–Kier alpha value is -6.21. The van der Waals surface area contributed by atoms with E-state index in [0.717, 1.165) is 34.1 Å². The van der Waals surface area contributed by atoms with E-state index in [1.807, 2.05) is 0 Å². The van der Waals surface area contributed by atoms with Gasteiger partial charge < -0.3 is 9.80 Å². The number of hydrogen-bond donors (Lipinski definition) is 0. The number of anilines is 6. The van der Waals surface area contributed by atoms with Gasteiger partial charge in [0.25, 0.3) is 0 Å². The lowest BCUT2D eigenvalue weighted by Gasteiger charge is -2.28. The second kappa shape index (κ2) is 14.9. The number of hydrogen-bond acceptors (Lipinski definition) is 2. The van der Waals surface area contributed by atoms with Gasteiger partial charge in [-0.2, -0.15) is 0 Å². The minimum atomic E-state index is -1.45. The molecular formula is C54H50N2Si2. The first-order valence-corrected chi connectivity index (χ1v) is 27.4. The van der Waals surface area contributed by atoms with Gasteiger partial charge in [0.05, 0.1) is 16.1 Å². The van der Waals surface area contributed by atoms with E-state index < -0.39 is 16.1 Å². The van der Waals surface area contributed by atoms with E-state index in [1.54, 1.807) is 0 Å². The van der Waals surface area contributed by atoms with Gasteiger partial charge in [-0.25, -0.2) is 0 Å². The highest BCUT2D eigenvalue weighted by atomic mass is 28.3. The molecule has 8 aromatic rings. The summed E-state index contributed by atoms with van der Waals surface area (Å²) in [5.74, 6) is 0. The van der Waals surface area contributed by atoms with Crippen LogP contribution in [0.15, 0.2) is 194 Å². The molecule has 0 N–H and O–H groups in total. The lowest BCUT2D eigenvalue weighted by Crippen LogP contribution is -2.37. The van der Waals surface area contributed by atoms with Crippen molar-refractivity contribution in [1.82, 2.24) is 0 Å². The van der Waals surface area contributed by atoms with Crippen LogP contribution in [0.1, 0.15) is 0 Å². The lowest BCUT2D eigenvalue weighted by molar-refractivity contribution is 1.28. The zero-order valence-corrected chi connectivity index (χ0v) is 36.4. The van der Waals surface area contributed by atoms with Crippen LogP contribution >= 0.6 is 0 Å². The first kappa shape index (κ1) is 37.4. The number of nitrogens with zero attached hydrogens (tertiary/aromatic N) is 2. The Morgan fingerprint density at radius 1 is 0.241 bits per heavy atom. The van der Waals surface area contributed by atoms with Crippen molar-refractivity contribution in [3.8, 4) is 44.5 Å². The molecular weight excluding hydrogens is 733 g/mol. The summed E-state index contributed by atoms with van der Waals surface area (Å²) in [5, 5.41) is 2.92. The Morgan fingerprint density at radius 3 is 0.621 bits per heavy atom. The van der Waals surface area contributed by atoms with E-state index >= 15 is 0 Å². The fourth-order valence-electron chi connectivity index (χ4n) is 8.25. The molecule has 0 atom stereocenters. The third kappa shape index (κ3) is 7.26. The van der Waals surface area contributed by atoms with Crippen LogP contribution in [0.2, 0.25) is 39.3 Å². The van der Waals surface area contributed by atoms with Crippen molar-refractivity contribution in [3.05, 3.63) is 194 Å². The van der Waals surface area contributed by atoms with E-state index in [4.69, 9.17) is 0 Å². The van der Waals surface area contributed by atoms with Gasteiger partial charge >= 0.3 is 0 Å². The molecule has 4 heteroatoms. The van der Waals surface area contributed by atoms with Crippen LogP contribution in [0.4, 0.5) is 34.1 Å². The van der Waals surface area contributed by atoms with Crippen LogP contribution in [-0.2, 0) is 0 Å². The van der Waals surface area contributed by atoms with Gasteiger partial charge in [-0.15, -0.1) is 0 Å². The summed E-state index contributed by atoms with van der Waals surface area (Å²) in [5.41, 5.74) is 16.4. The second-order valence-corrected chi connectivity index (χ2v) is 27.7. The Balaban J connectivity index is 1.22. The standard InChI is InChI=1S/C54H50N2Si2/c1-57(2,3)49-35-31-47(32-36-49)55-43-23-15-39(16-24-43)51-11-7-9-13-53(51)41-19-27-45(28-20-41)56(48-33-37-50(38-34-48)58(4,5)6)46-29-21-42(22-30-46)54-14-10-8-12-52(54)40-17-25-44(55)26-18-40/h7-38H,1-6H3. The van der Waals surface area contributed by atoms with Gasteiger partial charge in [0.15, 0.2) is 0 Å². The molecule has 8 bridgehead atoms. The smallest absolute Gasteiger partial charge is 0.0775 e. The SMILES string of the molecule is C[Si](C)(C)c1ccc(N2c3ccc(cc3)-c3ccccc3-c3ccc(cc3)N(c3ccc([Si](C)(C)C)cc3)c3ccc(cc3)-c3ccccc3-c3ccc2cc3)cc1. The summed E-state index contributed by atoms with van der Waals surface area (Å²) >= 11 is 0. The predicted molar refractivity (Wildman–Crippen MR) is 257 cm³/mol. The van der Waals surface area contributed by atoms with Crippen LogP contribution in [0, 0.1) is 0 Å². The fourth-order valence-corrected chi connectivity index (χ4v) is 10.6. The van der Waals surface area contributed by atoms with Crippen LogP contribution in [0.3, 0.4) is 0 Å². The van der Waals surface area contributed by atoms with Gasteiger partial charge in [0.2, 0.25) is 0 Å². The predicted octanol–water partition coefficient (Wildman–Crippen LogP) is 14.7. The lowest BCUT2D eigenvalue weighted by atomic mass is 9.93. The van der Waals surface area contributed by atoms with E-state index in [2.05, 4.69) is 243 Å². The molecule has 2 nitrogen and oxygen atoms in total. The summed E-state index contributed by atoms with van der Waals surface area (Å²) in [4.78, 5) is 4.76. The van der Waals surface area contributed by atoms with Crippen molar-refractivity contribution in [3.63, 3.8) is 0 Å². The zero-order valence-electron chi connectivity index (χ0n) is 34.4. The van der Waals surface area contributed by atoms with E-state index in [1.165, 1.54) is 54.9 Å². The van der Waals surface area contributed by atoms with Crippen LogP contribution in [0.5, 0.6) is 0 Å². The summed E-state index contributed by atoms with van der Waals surface area (Å²) in [7, 11) is -2.91. The minimum absolute atomic E-state index is 1.12. The monoisotopic (exact) mass is 782 g/mol. The average molecular weight is 783 g/mol. The molecule has 7 heterocycles. The van der Waals surface area contributed by atoms with Crippen molar-refractivity contribution in [1.29, 1.82) is 0 Å². The van der Waals surface area contributed by atoms with Gasteiger partial charge in [0.1, 0.15) is 0 Å².